The zero-order valence-electron chi connectivity index (χ0n) is 6.50. The Morgan fingerprint density at radius 2 is 2.23 bits per heavy atom. The molecule has 0 saturated heterocycles. The van der Waals surface area contributed by atoms with Crippen LogP contribution in [0.1, 0.15) is 5.56 Å². The highest BCUT2D eigenvalue weighted by Gasteiger charge is 2.08. The van der Waals surface area contributed by atoms with E-state index in [1.54, 1.807) is 0 Å². The van der Waals surface area contributed by atoms with E-state index in [1.807, 2.05) is 0 Å². The van der Waals surface area contributed by atoms with Crippen molar-refractivity contribution in [1.29, 1.82) is 0 Å². The molecule has 0 amide bonds. The fraction of sp³-hybridized carbons (Fsp3) is 0.286. The lowest BCUT2D eigenvalue weighted by molar-refractivity contribution is 0.521. The van der Waals surface area contributed by atoms with Gasteiger partial charge in [-0.3, -0.25) is 4.21 Å². The Kier molecular flexibility index (Phi) is 3.44. The van der Waals surface area contributed by atoms with E-state index < -0.39 is 22.8 Å². The van der Waals surface area contributed by atoms with Crippen molar-refractivity contribution in [3.8, 4) is 0 Å². The summed E-state index contributed by atoms with van der Waals surface area (Å²) in [4.78, 5) is 3.21. The van der Waals surface area contributed by atoms with Gasteiger partial charge in [-0.1, -0.05) is 11.1 Å². The molecule has 0 saturated carbocycles. The van der Waals surface area contributed by atoms with Gasteiger partial charge in [-0.25, -0.2) is 9.37 Å². The summed E-state index contributed by atoms with van der Waals surface area (Å²) in [5, 5.41) is 0. The van der Waals surface area contributed by atoms with Gasteiger partial charge in [0.25, 0.3) is 0 Å². The molecule has 1 atom stereocenters. The molecule has 72 valence electrons. The number of rotatable bonds is 3. The second-order valence-corrected chi connectivity index (χ2v) is 3.34. The van der Waals surface area contributed by atoms with E-state index in [0.29, 0.717) is 0 Å². The number of pyridine rings is 1. The maximum atomic E-state index is 12.8. The molecule has 0 fully saturated rings. The van der Waals surface area contributed by atoms with Gasteiger partial charge in [0.2, 0.25) is 5.95 Å². The highest BCUT2D eigenvalue weighted by atomic mass is 32.2. The minimum absolute atomic E-state index is 0.193. The Labute approximate surface area is 76.1 Å². The van der Waals surface area contributed by atoms with E-state index in [0.717, 1.165) is 12.3 Å². The highest BCUT2D eigenvalue weighted by Crippen LogP contribution is 2.10. The van der Waals surface area contributed by atoms with E-state index in [1.165, 1.54) is 0 Å². The fourth-order valence-electron chi connectivity index (χ4n) is 0.853. The summed E-state index contributed by atoms with van der Waals surface area (Å²) in [5.41, 5.74) is -0.285. The Balaban J connectivity index is 2.81. The van der Waals surface area contributed by atoms with Crippen molar-refractivity contribution in [1.82, 2.24) is 4.98 Å². The summed E-state index contributed by atoms with van der Waals surface area (Å²) < 4.78 is 45.8. The van der Waals surface area contributed by atoms with Crippen LogP contribution in [0.4, 0.5) is 8.78 Å². The van der Waals surface area contributed by atoms with Gasteiger partial charge in [-0.15, -0.1) is 0 Å². The van der Waals surface area contributed by atoms with Crippen molar-refractivity contribution in [3.63, 3.8) is 0 Å². The first-order chi connectivity index (χ1) is 6.11. The molecule has 0 N–H and O–H groups in total. The molecular formula is C7H6F2NO2S-. The SMILES string of the molecule is O=S([O-])CCc1c(F)ccnc1F. The van der Waals surface area contributed by atoms with Crippen molar-refractivity contribution in [2.24, 2.45) is 0 Å². The van der Waals surface area contributed by atoms with Crippen LogP contribution < -0.4 is 0 Å². The van der Waals surface area contributed by atoms with Crippen LogP contribution in [-0.4, -0.2) is 19.5 Å². The molecule has 3 nitrogen and oxygen atoms in total. The smallest absolute Gasteiger partial charge is 0.218 e. The summed E-state index contributed by atoms with van der Waals surface area (Å²) in [6.07, 6.45) is 0.796. The molecule has 1 heterocycles. The largest absolute Gasteiger partial charge is 0.772 e. The number of hydrogen-bond donors (Lipinski definition) is 0. The Bertz CT molecular complexity index is 312. The number of halogens is 2. The third kappa shape index (κ3) is 2.82. The van der Waals surface area contributed by atoms with E-state index in [9.17, 15) is 17.5 Å². The second-order valence-electron chi connectivity index (χ2n) is 2.32. The lowest BCUT2D eigenvalue weighted by Crippen LogP contribution is -2.05. The summed E-state index contributed by atoms with van der Waals surface area (Å²) in [6.45, 7) is 0. The molecule has 0 aliphatic carbocycles. The molecule has 1 rings (SSSR count). The van der Waals surface area contributed by atoms with Gasteiger partial charge >= 0.3 is 0 Å². The van der Waals surface area contributed by atoms with Gasteiger partial charge in [0, 0.05) is 17.5 Å². The van der Waals surface area contributed by atoms with Crippen LogP contribution in [0.2, 0.25) is 0 Å². The molecule has 1 aromatic rings. The van der Waals surface area contributed by atoms with Crippen molar-refractivity contribution in [2.45, 2.75) is 6.42 Å². The normalized spacial score (nSPS) is 12.8. The molecule has 0 aliphatic rings. The minimum Gasteiger partial charge on any atom is -0.772 e. The van der Waals surface area contributed by atoms with Gasteiger partial charge < -0.3 is 4.55 Å². The molecule has 0 aromatic carbocycles. The summed E-state index contributed by atoms with van der Waals surface area (Å²) in [5.74, 6) is -2.03. The first-order valence-corrected chi connectivity index (χ1v) is 4.70. The molecule has 0 aliphatic heterocycles. The van der Waals surface area contributed by atoms with Crippen LogP contribution in [0.3, 0.4) is 0 Å². The number of nitrogens with zero attached hydrogens (tertiary/aromatic N) is 1. The van der Waals surface area contributed by atoms with Gasteiger partial charge in [-0.05, 0) is 12.5 Å². The van der Waals surface area contributed by atoms with Crippen LogP contribution in [0, 0.1) is 11.8 Å². The minimum atomic E-state index is -2.29. The van der Waals surface area contributed by atoms with Crippen LogP contribution in [-0.2, 0) is 17.5 Å². The third-order valence-electron chi connectivity index (χ3n) is 1.46. The molecule has 0 bridgehead atoms. The van der Waals surface area contributed by atoms with E-state index in [2.05, 4.69) is 4.98 Å². The first kappa shape index (κ1) is 10.2. The van der Waals surface area contributed by atoms with Crippen molar-refractivity contribution in [3.05, 3.63) is 29.6 Å². The van der Waals surface area contributed by atoms with Crippen LogP contribution >= 0.6 is 0 Å². The molecule has 13 heavy (non-hydrogen) atoms. The molecule has 0 radical (unpaired) electrons. The van der Waals surface area contributed by atoms with Crippen molar-refractivity contribution < 1.29 is 17.5 Å². The lowest BCUT2D eigenvalue weighted by atomic mass is 10.2. The highest BCUT2D eigenvalue weighted by molar-refractivity contribution is 7.79. The zero-order valence-corrected chi connectivity index (χ0v) is 7.31. The van der Waals surface area contributed by atoms with Crippen molar-refractivity contribution >= 4 is 11.1 Å². The second kappa shape index (κ2) is 4.38. The maximum Gasteiger partial charge on any atom is 0.218 e. The Morgan fingerprint density at radius 3 is 2.77 bits per heavy atom. The quantitative estimate of drug-likeness (QED) is 0.542. The third-order valence-corrected chi connectivity index (χ3v) is 2.00. The maximum absolute atomic E-state index is 12.8. The van der Waals surface area contributed by atoms with Crippen LogP contribution in [0.15, 0.2) is 12.3 Å². The van der Waals surface area contributed by atoms with Crippen LogP contribution in [0.5, 0.6) is 0 Å². The van der Waals surface area contributed by atoms with Gasteiger partial charge in [0.1, 0.15) is 5.82 Å². The fourth-order valence-corrected chi connectivity index (χ4v) is 1.22. The van der Waals surface area contributed by atoms with E-state index in [-0.39, 0.29) is 17.7 Å². The van der Waals surface area contributed by atoms with E-state index >= 15 is 0 Å². The summed E-state index contributed by atoms with van der Waals surface area (Å²) >= 11 is -2.29. The summed E-state index contributed by atoms with van der Waals surface area (Å²) in [6, 6.07) is 0.992. The van der Waals surface area contributed by atoms with Gasteiger partial charge in [-0.2, -0.15) is 4.39 Å². The number of hydrogen-bond acceptors (Lipinski definition) is 3. The number of aromatic nitrogens is 1. The molecular weight excluding hydrogens is 200 g/mol. The topological polar surface area (TPSA) is 53.0 Å². The first-order valence-electron chi connectivity index (χ1n) is 3.46. The molecule has 6 heteroatoms. The molecule has 1 aromatic heterocycles. The Morgan fingerprint density at radius 1 is 1.54 bits per heavy atom. The average Bonchev–Trinajstić information content (AvgIpc) is 2.03. The zero-order chi connectivity index (χ0) is 9.84. The lowest BCUT2D eigenvalue weighted by Gasteiger charge is -2.05. The average molecular weight is 206 g/mol. The van der Waals surface area contributed by atoms with Crippen molar-refractivity contribution in [2.75, 3.05) is 5.75 Å². The summed E-state index contributed by atoms with van der Waals surface area (Å²) in [7, 11) is 0. The monoisotopic (exact) mass is 206 g/mol. The standard InChI is InChI=1S/C7H7F2NO2S/c8-6-1-3-10-7(9)5(6)2-4-13(11)12/h1,3H,2,4H2,(H,11,12)/p-1. The predicted octanol–water partition coefficient (Wildman–Crippen LogP) is 0.781. The van der Waals surface area contributed by atoms with Gasteiger partial charge in [0.15, 0.2) is 0 Å². The molecule has 1 unspecified atom stereocenters. The van der Waals surface area contributed by atoms with E-state index in [4.69, 9.17) is 0 Å². The van der Waals surface area contributed by atoms with Gasteiger partial charge in [0.05, 0.1) is 0 Å². The van der Waals surface area contributed by atoms with Crippen LogP contribution in [0.25, 0.3) is 0 Å². The molecule has 0 spiro atoms. The predicted molar refractivity (Wildman–Crippen MR) is 41.6 cm³/mol. The Hall–Kier alpha value is -0.880.